The van der Waals surface area contributed by atoms with E-state index >= 15 is 0 Å². The Bertz CT molecular complexity index is 411. The quantitative estimate of drug-likeness (QED) is 0.470. The van der Waals surface area contributed by atoms with E-state index in [-0.39, 0.29) is 11.1 Å². The highest BCUT2D eigenvalue weighted by atomic mass is 35.5. The molecule has 12 heavy (non-hydrogen) atoms. The summed E-state index contributed by atoms with van der Waals surface area (Å²) in [5, 5.41) is 0.379. The van der Waals surface area contributed by atoms with E-state index in [4.69, 9.17) is 11.6 Å². The van der Waals surface area contributed by atoms with E-state index in [1.807, 2.05) is 0 Å². The van der Waals surface area contributed by atoms with Crippen LogP contribution in [0, 0.1) is 11.8 Å². The number of aromatic nitrogens is 1. The highest BCUT2D eigenvalue weighted by molar-refractivity contribution is 6.30. The van der Waals surface area contributed by atoms with E-state index in [1.54, 1.807) is 0 Å². The molecule has 1 heterocycles. The molecule has 4 heteroatoms. The Morgan fingerprint density at radius 3 is 3.00 bits per heavy atom. The second-order valence-electron chi connectivity index (χ2n) is 1.95. The number of nitrogens with one attached hydrogen (secondary N) is 1. The number of pyridine rings is 1. The lowest BCUT2D eigenvalue weighted by molar-refractivity contribution is -0.103. The molecule has 0 aliphatic heterocycles. The largest absolute Gasteiger partial charge is 0.327 e. The van der Waals surface area contributed by atoms with Crippen molar-refractivity contribution in [3.63, 3.8) is 0 Å². The number of hydrogen-bond acceptors (Lipinski definition) is 2. The van der Waals surface area contributed by atoms with Crippen LogP contribution in [0.2, 0.25) is 5.02 Å². The first-order valence-corrected chi connectivity index (χ1v) is 3.45. The number of carbonyl (C=O) groups excluding carboxylic acids is 1. The summed E-state index contributed by atoms with van der Waals surface area (Å²) in [6.45, 7) is 0. The summed E-state index contributed by atoms with van der Waals surface area (Å²) in [5.74, 6) is 4.48. The van der Waals surface area contributed by atoms with Crippen molar-refractivity contribution in [1.82, 2.24) is 4.98 Å². The summed E-state index contributed by atoms with van der Waals surface area (Å²) in [7, 11) is 0. The Hall–Kier alpha value is -1.53. The van der Waals surface area contributed by atoms with Gasteiger partial charge < -0.3 is 4.98 Å². The van der Waals surface area contributed by atoms with Crippen molar-refractivity contribution in [1.29, 1.82) is 0 Å². The standard InChI is InChI=1S/C8H4ClNO2/c9-7-4-6(2-1-3-11)8(12)10-5-7/h3-5H,(H,10,12). The van der Waals surface area contributed by atoms with Crippen molar-refractivity contribution in [3.8, 4) is 11.8 Å². The van der Waals surface area contributed by atoms with E-state index in [1.165, 1.54) is 12.3 Å². The van der Waals surface area contributed by atoms with Gasteiger partial charge in [-0.3, -0.25) is 9.59 Å². The Labute approximate surface area is 73.4 Å². The summed E-state index contributed by atoms with van der Waals surface area (Å²) >= 11 is 5.57. The van der Waals surface area contributed by atoms with Gasteiger partial charge in [0.15, 0.2) is 6.29 Å². The number of aldehydes is 1. The molecule has 0 atom stereocenters. The number of rotatable bonds is 0. The maximum Gasteiger partial charge on any atom is 0.263 e. The summed E-state index contributed by atoms with van der Waals surface area (Å²) in [4.78, 5) is 23.2. The summed E-state index contributed by atoms with van der Waals surface area (Å²) in [6, 6.07) is 1.40. The van der Waals surface area contributed by atoms with E-state index < -0.39 is 0 Å². The van der Waals surface area contributed by atoms with Crippen molar-refractivity contribution in [2.45, 2.75) is 0 Å². The molecule has 0 amide bonds. The van der Waals surface area contributed by atoms with Crippen LogP contribution in [-0.4, -0.2) is 11.3 Å². The monoisotopic (exact) mass is 181 g/mol. The second-order valence-corrected chi connectivity index (χ2v) is 2.38. The van der Waals surface area contributed by atoms with Gasteiger partial charge in [0.1, 0.15) is 0 Å². The third-order valence-electron chi connectivity index (χ3n) is 1.13. The number of hydrogen-bond donors (Lipinski definition) is 1. The van der Waals surface area contributed by atoms with Crippen LogP contribution in [0.5, 0.6) is 0 Å². The zero-order valence-corrected chi connectivity index (χ0v) is 6.68. The third kappa shape index (κ3) is 1.97. The molecule has 0 aromatic carbocycles. The second kappa shape index (κ2) is 3.74. The van der Waals surface area contributed by atoms with Gasteiger partial charge >= 0.3 is 0 Å². The molecular weight excluding hydrogens is 178 g/mol. The molecular formula is C8H4ClNO2. The predicted octanol–water partition coefficient (Wildman–Crippen LogP) is 0.579. The van der Waals surface area contributed by atoms with E-state index in [9.17, 15) is 9.59 Å². The first kappa shape index (κ1) is 8.57. The Kier molecular flexibility index (Phi) is 2.67. The maximum absolute atomic E-state index is 10.9. The van der Waals surface area contributed by atoms with Gasteiger partial charge in [0.25, 0.3) is 5.56 Å². The molecule has 0 bridgehead atoms. The topological polar surface area (TPSA) is 49.9 Å². The zero-order valence-electron chi connectivity index (χ0n) is 5.93. The van der Waals surface area contributed by atoms with Gasteiger partial charge in [-0.25, -0.2) is 0 Å². The molecule has 0 saturated heterocycles. The first-order valence-electron chi connectivity index (χ1n) is 3.07. The van der Waals surface area contributed by atoms with Crippen LogP contribution >= 0.6 is 11.6 Å². The van der Waals surface area contributed by atoms with Crippen LogP contribution in [0.15, 0.2) is 17.1 Å². The van der Waals surface area contributed by atoms with Crippen molar-refractivity contribution in [2.75, 3.05) is 0 Å². The average molecular weight is 182 g/mol. The van der Waals surface area contributed by atoms with Gasteiger partial charge in [-0.1, -0.05) is 17.5 Å². The van der Waals surface area contributed by atoms with Gasteiger partial charge in [-0.05, 0) is 12.0 Å². The van der Waals surface area contributed by atoms with Gasteiger partial charge in [0, 0.05) is 6.20 Å². The SMILES string of the molecule is O=CC#Cc1cc(Cl)c[nH]c1=O. The lowest BCUT2D eigenvalue weighted by atomic mass is 10.3. The maximum atomic E-state index is 10.9. The summed E-state index contributed by atoms with van der Waals surface area (Å²) in [5.41, 5.74) is -0.164. The molecule has 1 aromatic rings. The molecule has 0 spiro atoms. The van der Waals surface area contributed by atoms with Crippen LogP contribution in [0.1, 0.15) is 5.56 Å². The van der Waals surface area contributed by atoms with Gasteiger partial charge in [0.05, 0.1) is 10.6 Å². The van der Waals surface area contributed by atoms with Crippen LogP contribution in [0.4, 0.5) is 0 Å². The summed E-state index contributed by atoms with van der Waals surface area (Å²) in [6.07, 6.45) is 1.77. The van der Waals surface area contributed by atoms with Crippen molar-refractivity contribution >= 4 is 17.9 Å². The van der Waals surface area contributed by atoms with E-state index in [2.05, 4.69) is 16.8 Å². The molecule has 0 unspecified atom stereocenters. The fraction of sp³-hybridized carbons (Fsp3) is 0. The highest BCUT2D eigenvalue weighted by Gasteiger charge is 1.95. The Morgan fingerprint density at radius 1 is 1.58 bits per heavy atom. The molecule has 1 rings (SSSR count). The molecule has 0 aliphatic carbocycles. The Balaban J connectivity index is 3.23. The lowest BCUT2D eigenvalue weighted by Gasteiger charge is -1.89. The fourth-order valence-corrected chi connectivity index (χ4v) is 0.821. The molecule has 3 nitrogen and oxygen atoms in total. The van der Waals surface area contributed by atoms with Crippen LogP contribution < -0.4 is 5.56 Å². The smallest absolute Gasteiger partial charge is 0.263 e. The minimum atomic E-state index is -0.353. The van der Waals surface area contributed by atoms with Crippen LogP contribution in [0.25, 0.3) is 0 Å². The predicted molar refractivity (Wildman–Crippen MR) is 45.0 cm³/mol. The normalized spacial score (nSPS) is 8.42. The first-order chi connectivity index (χ1) is 5.74. The Morgan fingerprint density at radius 2 is 2.33 bits per heavy atom. The number of halogens is 1. The minimum absolute atomic E-state index is 0.189. The molecule has 0 saturated carbocycles. The minimum Gasteiger partial charge on any atom is -0.327 e. The van der Waals surface area contributed by atoms with E-state index in [0.717, 1.165) is 0 Å². The zero-order chi connectivity index (χ0) is 8.97. The number of H-pyrrole nitrogens is 1. The van der Waals surface area contributed by atoms with Gasteiger partial charge in [-0.15, -0.1) is 0 Å². The molecule has 0 fully saturated rings. The van der Waals surface area contributed by atoms with Crippen molar-refractivity contribution in [3.05, 3.63) is 33.2 Å². The average Bonchev–Trinajstić information content (AvgIpc) is 2.07. The molecule has 0 radical (unpaired) electrons. The van der Waals surface area contributed by atoms with Gasteiger partial charge in [-0.2, -0.15) is 0 Å². The summed E-state index contributed by atoms with van der Waals surface area (Å²) < 4.78 is 0. The molecule has 0 aliphatic rings. The van der Waals surface area contributed by atoms with E-state index in [0.29, 0.717) is 11.3 Å². The number of carbonyl (C=O) groups is 1. The fourth-order valence-electron chi connectivity index (χ4n) is 0.657. The van der Waals surface area contributed by atoms with Crippen LogP contribution in [0.3, 0.4) is 0 Å². The molecule has 1 aromatic heterocycles. The third-order valence-corrected chi connectivity index (χ3v) is 1.35. The lowest BCUT2D eigenvalue weighted by Crippen LogP contribution is -2.08. The highest BCUT2D eigenvalue weighted by Crippen LogP contribution is 2.03. The van der Waals surface area contributed by atoms with Crippen molar-refractivity contribution in [2.24, 2.45) is 0 Å². The van der Waals surface area contributed by atoms with Gasteiger partial charge in [0.2, 0.25) is 0 Å². The van der Waals surface area contributed by atoms with Crippen molar-refractivity contribution < 1.29 is 4.79 Å². The molecule has 60 valence electrons. The van der Waals surface area contributed by atoms with Crippen LogP contribution in [-0.2, 0) is 4.79 Å². The number of aromatic amines is 1. The molecule has 1 N–H and O–H groups in total.